The number of rotatable bonds is 5. The van der Waals surface area contributed by atoms with Crippen LogP contribution in [-0.4, -0.2) is 35.8 Å². The van der Waals surface area contributed by atoms with Crippen molar-refractivity contribution in [2.45, 2.75) is 6.92 Å². The molecule has 6 nitrogen and oxygen atoms in total. The summed E-state index contributed by atoms with van der Waals surface area (Å²) in [5, 5.41) is 0. The summed E-state index contributed by atoms with van der Waals surface area (Å²) in [6.45, 7) is 1.61. The van der Waals surface area contributed by atoms with E-state index in [9.17, 15) is 14.4 Å². The molecule has 0 N–H and O–H groups in total. The number of fused-ring (bicyclic) bond motifs is 1. The number of imide groups is 1. The van der Waals surface area contributed by atoms with E-state index < -0.39 is 5.97 Å². The van der Waals surface area contributed by atoms with Crippen LogP contribution in [0.2, 0.25) is 0 Å². The Hall–Kier alpha value is -3.15. The normalized spacial score (nSPS) is 13.0. The van der Waals surface area contributed by atoms with Crippen molar-refractivity contribution in [2.24, 2.45) is 0 Å². The van der Waals surface area contributed by atoms with E-state index in [1.54, 1.807) is 48.5 Å². The van der Waals surface area contributed by atoms with Crippen LogP contribution in [0.5, 0.6) is 11.5 Å². The van der Waals surface area contributed by atoms with Gasteiger partial charge in [-0.1, -0.05) is 18.2 Å². The van der Waals surface area contributed by atoms with Crippen LogP contribution >= 0.6 is 0 Å². The zero-order chi connectivity index (χ0) is 17.1. The number of ether oxygens (including phenoxy) is 2. The molecule has 0 radical (unpaired) electrons. The summed E-state index contributed by atoms with van der Waals surface area (Å²) in [5.41, 5.74) is 0.832. The van der Waals surface area contributed by atoms with Crippen molar-refractivity contribution in [3.63, 3.8) is 0 Å². The third-order valence-electron chi connectivity index (χ3n) is 3.53. The van der Waals surface area contributed by atoms with E-state index in [4.69, 9.17) is 9.47 Å². The number of carbonyl (C=O) groups excluding carboxylic acids is 3. The number of benzene rings is 2. The number of amides is 2. The molecule has 0 unspecified atom stereocenters. The van der Waals surface area contributed by atoms with Crippen molar-refractivity contribution in [3.05, 3.63) is 59.7 Å². The van der Waals surface area contributed by atoms with Gasteiger partial charge >= 0.3 is 5.97 Å². The van der Waals surface area contributed by atoms with Crippen LogP contribution in [0.1, 0.15) is 27.6 Å². The third kappa shape index (κ3) is 3.12. The lowest BCUT2D eigenvalue weighted by molar-refractivity contribution is -0.131. The largest absolute Gasteiger partial charge is 0.492 e. The van der Waals surface area contributed by atoms with Gasteiger partial charge in [-0.3, -0.25) is 19.3 Å². The minimum Gasteiger partial charge on any atom is -0.492 e. The number of hydrogen-bond acceptors (Lipinski definition) is 5. The van der Waals surface area contributed by atoms with Crippen molar-refractivity contribution in [2.75, 3.05) is 13.2 Å². The molecule has 2 aromatic rings. The van der Waals surface area contributed by atoms with Gasteiger partial charge in [0.05, 0.1) is 17.7 Å². The van der Waals surface area contributed by atoms with Gasteiger partial charge in [-0.05, 0) is 24.3 Å². The van der Waals surface area contributed by atoms with Crippen LogP contribution in [0.4, 0.5) is 0 Å². The van der Waals surface area contributed by atoms with E-state index >= 15 is 0 Å². The van der Waals surface area contributed by atoms with E-state index in [1.807, 2.05) is 0 Å². The molecule has 2 amide bonds. The molecule has 24 heavy (non-hydrogen) atoms. The Morgan fingerprint density at radius 3 is 2.21 bits per heavy atom. The monoisotopic (exact) mass is 325 g/mol. The van der Waals surface area contributed by atoms with E-state index in [-0.39, 0.29) is 25.0 Å². The number of nitrogens with zero attached hydrogens (tertiary/aromatic N) is 1. The smallest absolute Gasteiger partial charge is 0.308 e. The molecule has 122 valence electrons. The number of hydrogen-bond donors (Lipinski definition) is 0. The third-order valence-corrected chi connectivity index (χ3v) is 3.53. The van der Waals surface area contributed by atoms with E-state index in [0.717, 1.165) is 0 Å². The first-order chi connectivity index (χ1) is 11.6. The highest BCUT2D eigenvalue weighted by molar-refractivity contribution is 6.21. The second kappa shape index (κ2) is 6.54. The van der Waals surface area contributed by atoms with Gasteiger partial charge in [0.15, 0.2) is 0 Å². The minimum atomic E-state index is -0.418. The average Bonchev–Trinajstić information content (AvgIpc) is 2.80. The second-order valence-electron chi connectivity index (χ2n) is 5.22. The molecule has 0 bridgehead atoms. The van der Waals surface area contributed by atoms with Crippen molar-refractivity contribution in [1.29, 1.82) is 0 Å². The Balaban J connectivity index is 1.61. The van der Waals surface area contributed by atoms with Gasteiger partial charge in [0.1, 0.15) is 18.1 Å². The first-order valence-corrected chi connectivity index (χ1v) is 7.43. The van der Waals surface area contributed by atoms with Crippen molar-refractivity contribution < 1.29 is 23.9 Å². The molecule has 0 saturated carbocycles. The van der Waals surface area contributed by atoms with Gasteiger partial charge in [-0.25, -0.2) is 0 Å². The summed E-state index contributed by atoms with van der Waals surface area (Å²) in [6, 6.07) is 13.3. The fourth-order valence-electron chi connectivity index (χ4n) is 2.49. The standard InChI is InChI=1S/C18H15NO5/c1-12(20)24-14-6-4-5-13(11-14)23-10-9-19-17(21)15-7-2-3-8-16(15)18(19)22/h2-8,11H,9-10H2,1H3. The lowest BCUT2D eigenvalue weighted by atomic mass is 10.1. The lowest BCUT2D eigenvalue weighted by Crippen LogP contribution is -2.33. The first kappa shape index (κ1) is 15.7. The molecule has 0 spiro atoms. The van der Waals surface area contributed by atoms with Crippen LogP contribution in [-0.2, 0) is 4.79 Å². The molecule has 0 aliphatic carbocycles. The predicted molar refractivity (Wildman–Crippen MR) is 85.1 cm³/mol. The number of esters is 1. The summed E-state index contributed by atoms with van der Waals surface area (Å²) in [6.07, 6.45) is 0. The Labute approximate surface area is 138 Å². The molecule has 3 rings (SSSR count). The van der Waals surface area contributed by atoms with Crippen LogP contribution in [0, 0.1) is 0 Å². The summed E-state index contributed by atoms with van der Waals surface area (Å²) in [4.78, 5) is 36.5. The molecular weight excluding hydrogens is 310 g/mol. The zero-order valence-electron chi connectivity index (χ0n) is 13.0. The van der Waals surface area contributed by atoms with Crippen LogP contribution in [0.3, 0.4) is 0 Å². The van der Waals surface area contributed by atoms with Crippen molar-refractivity contribution in [1.82, 2.24) is 4.90 Å². The van der Waals surface area contributed by atoms with E-state index in [2.05, 4.69) is 0 Å². The Bertz CT molecular complexity index is 780. The highest BCUT2D eigenvalue weighted by Crippen LogP contribution is 2.23. The van der Waals surface area contributed by atoms with E-state index in [0.29, 0.717) is 22.6 Å². The SMILES string of the molecule is CC(=O)Oc1cccc(OCCN2C(=O)c3ccccc3C2=O)c1. The van der Waals surface area contributed by atoms with Gasteiger partial charge in [0.25, 0.3) is 11.8 Å². The Morgan fingerprint density at radius 1 is 0.958 bits per heavy atom. The van der Waals surface area contributed by atoms with Gasteiger partial charge in [-0.15, -0.1) is 0 Å². The highest BCUT2D eigenvalue weighted by Gasteiger charge is 2.34. The minimum absolute atomic E-state index is 0.143. The average molecular weight is 325 g/mol. The van der Waals surface area contributed by atoms with E-state index in [1.165, 1.54) is 11.8 Å². The highest BCUT2D eigenvalue weighted by atomic mass is 16.5. The second-order valence-corrected chi connectivity index (χ2v) is 5.22. The maximum absolute atomic E-state index is 12.2. The maximum atomic E-state index is 12.2. The lowest BCUT2D eigenvalue weighted by Gasteiger charge is -2.14. The molecule has 0 aromatic heterocycles. The Morgan fingerprint density at radius 2 is 1.58 bits per heavy atom. The summed E-state index contributed by atoms with van der Waals surface area (Å²) >= 11 is 0. The van der Waals surface area contributed by atoms with Gasteiger partial charge in [0.2, 0.25) is 0 Å². The molecule has 1 aliphatic rings. The zero-order valence-corrected chi connectivity index (χ0v) is 13.0. The topological polar surface area (TPSA) is 72.9 Å². The fraction of sp³-hybridized carbons (Fsp3) is 0.167. The van der Waals surface area contributed by atoms with Crippen LogP contribution in [0.15, 0.2) is 48.5 Å². The molecule has 6 heteroatoms. The summed E-state index contributed by atoms with van der Waals surface area (Å²) in [5.74, 6) is -0.176. The number of carbonyl (C=O) groups is 3. The maximum Gasteiger partial charge on any atom is 0.308 e. The summed E-state index contributed by atoms with van der Waals surface area (Å²) < 4.78 is 10.5. The van der Waals surface area contributed by atoms with Crippen molar-refractivity contribution >= 4 is 17.8 Å². The molecule has 1 heterocycles. The fourth-order valence-corrected chi connectivity index (χ4v) is 2.49. The van der Waals surface area contributed by atoms with Gasteiger partial charge < -0.3 is 9.47 Å². The first-order valence-electron chi connectivity index (χ1n) is 7.43. The predicted octanol–water partition coefficient (Wildman–Crippen LogP) is 2.29. The molecule has 1 aliphatic heterocycles. The Kier molecular flexibility index (Phi) is 4.29. The van der Waals surface area contributed by atoms with Crippen LogP contribution < -0.4 is 9.47 Å². The summed E-state index contributed by atoms with van der Waals surface area (Å²) in [7, 11) is 0. The molecule has 2 aromatic carbocycles. The molecule has 0 fully saturated rings. The molecular formula is C18H15NO5. The van der Waals surface area contributed by atoms with Crippen LogP contribution in [0.25, 0.3) is 0 Å². The molecule has 0 atom stereocenters. The van der Waals surface area contributed by atoms with Crippen molar-refractivity contribution in [3.8, 4) is 11.5 Å². The quantitative estimate of drug-likeness (QED) is 0.479. The molecule has 0 saturated heterocycles. The van der Waals surface area contributed by atoms with Gasteiger partial charge in [-0.2, -0.15) is 0 Å². The van der Waals surface area contributed by atoms with Gasteiger partial charge in [0, 0.05) is 13.0 Å².